The fraction of sp³-hybridized carbons (Fsp3) is 0.600. The number of nitrogens with one attached hydrogen (secondary N) is 1. The Morgan fingerprint density at radius 1 is 1.50 bits per heavy atom. The maximum absolute atomic E-state index is 3.98. The largest absolute Gasteiger partial charge is 0.308 e. The molecular weight excluding hydrogens is 176 g/mol. The number of nitrogens with zero attached hydrogens (tertiary/aromatic N) is 3. The van der Waals surface area contributed by atoms with Crippen molar-refractivity contribution in [3.05, 3.63) is 24.3 Å². The number of rotatable bonds is 3. The quantitative estimate of drug-likeness (QED) is 0.746. The predicted molar refractivity (Wildman–Crippen MR) is 54.8 cm³/mol. The van der Waals surface area contributed by atoms with E-state index in [2.05, 4.69) is 27.2 Å². The van der Waals surface area contributed by atoms with Crippen LogP contribution in [0, 0.1) is 0 Å². The van der Waals surface area contributed by atoms with Crippen molar-refractivity contribution >= 4 is 0 Å². The smallest absolute Gasteiger partial charge is 0.115 e. The summed E-state index contributed by atoms with van der Waals surface area (Å²) in [5.74, 6) is 0. The molecule has 2 rings (SSSR count). The highest BCUT2D eigenvalue weighted by atomic mass is 15.2. The molecule has 1 fully saturated rings. The summed E-state index contributed by atoms with van der Waals surface area (Å²) in [6, 6.07) is 0.625. The van der Waals surface area contributed by atoms with Crippen molar-refractivity contribution in [3.63, 3.8) is 0 Å². The van der Waals surface area contributed by atoms with Gasteiger partial charge < -0.3 is 10.2 Å². The van der Waals surface area contributed by atoms with E-state index in [-0.39, 0.29) is 0 Å². The molecule has 1 atom stereocenters. The van der Waals surface area contributed by atoms with Crippen molar-refractivity contribution in [3.8, 4) is 0 Å². The van der Waals surface area contributed by atoms with Gasteiger partial charge in [-0.2, -0.15) is 0 Å². The van der Waals surface area contributed by atoms with Crippen LogP contribution in [0.4, 0.5) is 0 Å². The number of hydrogen-bond donors (Lipinski definition) is 1. The summed E-state index contributed by atoms with van der Waals surface area (Å²) in [7, 11) is 2.16. The van der Waals surface area contributed by atoms with Crippen LogP contribution in [0.3, 0.4) is 0 Å². The molecule has 0 bridgehead atoms. The summed E-state index contributed by atoms with van der Waals surface area (Å²) < 4.78 is 0. The Morgan fingerprint density at radius 2 is 2.29 bits per heavy atom. The van der Waals surface area contributed by atoms with Crippen molar-refractivity contribution in [2.75, 3.05) is 20.1 Å². The van der Waals surface area contributed by atoms with E-state index < -0.39 is 0 Å². The summed E-state index contributed by atoms with van der Waals surface area (Å²) >= 11 is 0. The van der Waals surface area contributed by atoms with Gasteiger partial charge in [0.15, 0.2) is 0 Å². The second kappa shape index (κ2) is 4.48. The first-order valence-corrected chi connectivity index (χ1v) is 5.00. The van der Waals surface area contributed by atoms with Crippen LogP contribution < -0.4 is 5.32 Å². The summed E-state index contributed by atoms with van der Waals surface area (Å²) in [4.78, 5) is 10.3. The molecule has 0 saturated carbocycles. The van der Waals surface area contributed by atoms with Gasteiger partial charge in [0.1, 0.15) is 6.33 Å². The van der Waals surface area contributed by atoms with E-state index in [0.29, 0.717) is 6.04 Å². The van der Waals surface area contributed by atoms with Gasteiger partial charge in [0, 0.05) is 37.1 Å². The molecule has 1 saturated heterocycles. The molecule has 76 valence electrons. The van der Waals surface area contributed by atoms with Crippen LogP contribution in [0.1, 0.15) is 12.0 Å². The first-order valence-electron chi connectivity index (χ1n) is 5.00. The molecule has 1 aliphatic rings. The fourth-order valence-corrected chi connectivity index (χ4v) is 1.79. The third-order valence-corrected chi connectivity index (χ3v) is 2.60. The van der Waals surface area contributed by atoms with E-state index in [1.54, 1.807) is 6.33 Å². The van der Waals surface area contributed by atoms with Gasteiger partial charge in [-0.15, -0.1) is 0 Å². The average molecular weight is 192 g/mol. The lowest BCUT2D eigenvalue weighted by atomic mass is 10.2. The fourth-order valence-electron chi connectivity index (χ4n) is 1.79. The summed E-state index contributed by atoms with van der Waals surface area (Å²) in [6.07, 6.45) is 6.52. The predicted octanol–water partition coefficient (Wildman–Crippen LogP) is 0.270. The monoisotopic (exact) mass is 192 g/mol. The SMILES string of the molecule is CN1CCC(NCc2cncnc2)C1. The molecule has 1 aliphatic heterocycles. The van der Waals surface area contributed by atoms with Gasteiger partial charge in [0.2, 0.25) is 0 Å². The Hall–Kier alpha value is -1.00. The summed E-state index contributed by atoms with van der Waals surface area (Å²) in [5, 5.41) is 3.51. The van der Waals surface area contributed by atoms with Gasteiger partial charge in [-0.25, -0.2) is 9.97 Å². The van der Waals surface area contributed by atoms with Crippen LogP contribution in [0.15, 0.2) is 18.7 Å². The minimum absolute atomic E-state index is 0.625. The van der Waals surface area contributed by atoms with Crippen molar-refractivity contribution in [1.82, 2.24) is 20.2 Å². The molecule has 4 heteroatoms. The van der Waals surface area contributed by atoms with Gasteiger partial charge in [0.25, 0.3) is 0 Å². The van der Waals surface area contributed by atoms with E-state index in [9.17, 15) is 0 Å². The van der Waals surface area contributed by atoms with Gasteiger partial charge in [0.05, 0.1) is 0 Å². The maximum atomic E-state index is 3.98. The zero-order valence-electron chi connectivity index (χ0n) is 8.48. The van der Waals surface area contributed by atoms with Crippen LogP contribution in [0.5, 0.6) is 0 Å². The first kappa shape index (κ1) is 9.55. The van der Waals surface area contributed by atoms with Gasteiger partial charge in [-0.3, -0.25) is 0 Å². The minimum Gasteiger partial charge on any atom is -0.308 e. The highest BCUT2D eigenvalue weighted by molar-refractivity contribution is 5.02. The number of likely N-dealkylation sites (N-methyl/N-ethyl adjacent to an activating group) is 1. The molecule has 0 aromatic carbocycles. The van der Waals surface area contributed by atoms with Gasteiger partial charge in [-0.1, -0.05) is 0 Å². The molecule has 4 nitrogen and oxygen atoms in total. The molecule has 0 amide bonds. The lowest BCUT2D eigenvalue weighted by Gasteiger charge is -2.12. The Labute approximate surface area is 84.4 Å². The lowest BCUT2D eigenvalue weighted by Crippen LogP contribution is -2.30. The van der Waals surface area contributed by atoms with E-state index >= 15 is 0 Å². The Kier molecular flexibility index (Phi) is 3.06. The molecule has 1 N–H and O–H groups in total. The summed E-state index contributed by atoms with van der Waals surface area (Å²) in [6.45, 7) is 3.22. The molecule has 2 heterocycles. The van der Waals surface area contributed by atoms with Crippen LogP contribution in [-0.2, 0) is 6.54 Å². The highest BCUT2D eigenvalue weighted by Crippen LogP contribution is 2.06. The maximum Gasteiger partial charge on any atom is 0.115 e. The third kappa shape index (κ3) is 2.49. The Morgan fingerprint density at radius 3 is 2.93 bits per heavy atom. The van der Waals surface area contributed by atoms with Crippen molar-refractivity contribution in [2.24, 2.45) is 0 Å². The Balaban J connectivity index is 1.78. The lowest BCUT2D eigenvalue weighted by molar-refractivity contribution is 0.397. The van der Waals surface area contributed by atoms with Gasteiger partial charge in [-0.05, 0) is 20.0 Å². The molecule has 1 aromatic rings. The molecule has 1 unspecified atom stereocenters. The van der Waals surface area contributed by atoms with E-state index in [0.717, 1.165) is 18.7 Å². The molecule has 14 heavy (non-hydrogen) atoms. The zero-order valence-corrected chi connectivity index (χ0v) is 8.48. The van der Waals surface area contributed by atoms with Crippen LogP contribution in [0.2, 0.25) is 0 Å². The third-order valence-electron chi connectivity index (χ3n) is 2.60. The number of aromatic nitrogens is 2. The topological polar surface area (TPSA) is 41.0 Å². The van der Waals surface area contributed by atoms with E-state index in [1.165, 1.54) is 13.0 Å². The Bertz CT molecular complexity index is 275. The molecule has 1 aromatic heterocycles. The van der Waals surface area contributed by atoms with Crippen molar-refractivity contribution in [1.29, 1.82) is 0 Å². The van der Waals surface area contributed by atoms with Crippen LogP contribution in [-0.4, -0.2) is 41.0 Å². The molecule has 0 radical (unpaired) electrons. The summed E-state index contributed by atoms with van der Waals surface area (Å²) in [5.41, 5.74) is 1.15. The van der Waals surface area contributed by atoms with Crippen molar-refractivity contribution in [2.45, 2.75) is 19.0 Å². The average Bonchev–Trinajstić information content (AvgIpc) is 2.63. The van der Waals surface area contributed by atoms with Crippen LogP contribution >= 0.6 is 0 Å². The zero-order chi connectivity index (χ0) is 9.80. The van der Waals surface area contributed by atoms with Crippen molar-refractivity contribution < 1.29 is 0 Å². The second-order valence-corrected chi connectivity index (χ2v) is 3.88. The second-order valence-electron chi connectivity index (χ2n) is 3.88. The number of likely N-dealkylation sites (tertiary alicyclic amines) is 1. The minimum atomic E-state index is 0.625. The van der Waals surface area contributed by atoms with Crippen LogP contribution in [0.25, 0.3) is 0 Å². The molecule has 0 aliphatic carbocycles. The normalized spacial score (nSPS) is 22.8. The van der Waals surface area contributed by atoms with Gasteiger partial charge >= 0.3 is 0 Å². The molecular formula is C10H16N4. The van der Waals surface area contributed by atoms with E-state index in [4.69, 9.17) is 0 Å². The van der Waals surface area contributed by atoms with E-state index in [1.807, 2.05) is 12.4 Å². The highest BCUT2D eigenvalue weighted by Gasteiger charge is 2.18. The number of hydrogen-bond acceptors (Lipinski definition) is 4. The molecule has 0 spiro atoms. The first-order chi connectivity index (χ1) is 6.84. The standard InChI is InChI=1S/C10H16N4/c1-14-3-2-10(7-14)13-6-9-4-11-8-12-5-9/h4-5,8,10,13H,2-3,6-7H2,1H3.